The quantitative estimate of drug-likeness (QED) is 0.918. The van der Waals surface area contributed by atoms with Gasteiger partial charge in [-0.15, -0.1) is 0 Å². The molecule has 0 aliphatic carbocycles. The molecule has 1 aromatic rings. The fraction of sp³-hybridized carbons (Fsp3) is 0.625. The van der Waals surface area contributed by atoms with Crippen molar-refractivity contribution < 1.29 is 4.74 Å². The van der Waals surface area contributed by atoms with Crippen molar-refractivity contribution in [3.63, 3.8) is 0 Å². The molecule has 1 aliphatic heterocycles. The molecule has 4 heteroatoms. The second-order valence-corrected chi connectivity index (χ2v) is 6.48. The lowest BCUT2D eigenvalue weighted by molar-refractivity contribution is -0.0814. The van der Waals surface area contributed by atoms with E-state index in [4.69, 9.17) is 10.00 Å². The highest BCUT2D eigenvalue weighted by Crippen LogP contribution is 2.34. The third-order valence-electron chi connectivity index (χ3n) is 3.74. The lowest BCUT2D eigenvalue weighted by Gasteiger charge is -2.40. The summed E-state index contributed by atoms with van der Waals surface area (Å²) in [6.07, 6.45) is 4.19. The molecule has 20 heavy (non-hydrogen) atoms. The Kier molecular flexibility index (Phi) is 4.61. The molecule has 1 aromatic heterocycles. The van der Waals surface area contributed by atoms with E-state index in [0.717, 1.165) is 25.4 Å². The summed E-state index contributed by atoms with van der Waals surface area (Å²) in [4.78, 5) is 4.25. The summed E-state index contributed by atoms with van der Waals surface area (Å²) >= 11 is 0. The third-order valence-corrected chi connectivity index (χ3v) is 3.74. The van der Waals surface area contributed by atoms with Crippen LogP contribution in [0.1, 0.15) is 39.2 Å². The molecule has 1 N–H and O–H groups in total. The predicted octanol–water partition coefficient (Wildman–Crippen LogP) is 3.21. The highest BCUT2D eigenvalue weighted by molar-refractivity contribution is 5.38. The summed E-state index contributed by atoms with van der Waals surface area (Å²) in [5.41, 5.74) is 0.745. The van der Waals surface area contributed by atoms with Crippen LogP contribution in [0.5, 0.6) is 0 Å². The van der Waals surface area contributed by atoms with Crippen molar-refractivity contribution in [1.82, 2.24) is 4.98 Å². The maximum atomic E-state index is 8.76. The van der Waals surface area contributed by atoms with Gasteiger partial charge in [-0.2, -0.15) is 5.26 Å². The molecule has 2 heterocycles. The average Bonchev–Trinajstić information content (AvgIpc) is 2.45. The topological polar surface area (TPSA) is 57.9 Å². The van der Waals surface area contributed by atoms with E-state index in [1.54, 1.807) is 12.3 Å². The first kappa shape index (κ1) is 14.8. The first-order chi connectivity index (χ1) is 9.50. The van der Waals surface area contributed by atoms with Gasteiger partial charge in [0.1, 0.15) is 11.9 Å². The largest absolute Gasteiger partial charge is 0.377 e. The van der Waals surface area contributed by atoms with Crippen LogP contribution in [0.25, 0.3) is 0 Å². The molecule has 0 spiro atoms. The van der Waals surface area contributed by atoms with E-state index < -0.39 is 0 Å². The molecule has 108 valence electrons. The summed E-state index contributed by atoms with van der Waals surface area (Å²) in [5.74, 6) is 1.32. The zero-order chi connectivity index (χ0) is 14.6. The first-order valence-corrected chi connectivity index (χ1v) is 7.22. The zero-order valence-electron chi connectivity index (χ0n) is 12.5. The van der Waals surface area contributed by atoms with Crippen LogP contribution in [0.15, 0.2) is 18.3 Å². The molecule has 1 fully saturated rings. The summed E-state index contributed by atoms with van der Waals surface area (Å²) in [6, 6.07) is 5.72. The Morgan fingerprint density at radius 2 is 2.25 bits per heavy atom. The molecule has 0 amide bonds. The lowest BCUT2D eigenvalue weighted by Crippen LogP contribution is -2.42. The van der Waals surface area contributed by atoms with Gasteiger partial charge in [0.05, 0.1) is 11.7 Å². The third kappa shape index (κ3) is 3.71. The minimum Gasteiger partial charge on any atom is -0.377 e. The van der Waals surface area contributed by atoms with Crippen molar-refractivity contribution in [2.24, 2.45) is 11.3 Å². The number of ether oxygens (including phenoxy) is 1. The number of nitriles is 1. The Balaban J connectivity index is 1.95. The average molecular weight is 273 g/mol. The Morgan fingerprint density at radius 3 is 2.85 bits per heavy atom. The molecule has 1 saturated heterocycles. The molecule has 0 radical (unpaired) electrons. The van der Waals surface area contributed by atoms with Gasteiger partial charge >= 0.3 is 0 Å². The van der Waals surface area contributed by atoms with Crippen molar-refractivity contribution in [2.45, 2.75) is 39.7 Å². The number of rotatable bonds is 3. The van der Waals surface area contributed by atoms with Crippen LogP contribution in [-0.2, 0) is 4.74 Å². The number of nitrogens with one attached hydrogen (secondary N) is 1. The Morgan fingerprint density at radius 1 is 1.45 bits per heavy atom. The standard InChI is InChI=1S/C16H23N3O/c1-16(2,3)15-13(5-4-8-20-15)11-19-14-7-6-12(9-17)10-18-14/h6-7,10,13,15H,4-5,8,11H2,1-3H3,(H,18,19). The molecule has 0 aromatic carbocycles. The number of pyridine rings is 1. The van der Waals surface area contributed by atoms with Crippen molar-refractivity contribution in [1.29, 1.82) is 5.26 Å². The SMILES string of the molecule is CC(C)(C)C1OCCCC1CNc1ccc(C#N)cn1. The molecular weight excluding hydrogens is 250 g/mol. The van der Waals surface area contributed by atoms with Gasteiger partial charge in [-0.3, -0.25) is 0 Å². The lowest BCUT2D eigenvalue weighted by atomic mass is 9.78. The second-order valence-electron chi connectivity index (χ2n) is 6.48. The minimum atomic E-state index is 0.158. The van der Waals surface area contributed by atoms with E-state index in [1.165, 1.54) is 6.42 Å². The van der Waals surface area contributed by atoms with Gasteiger partial charge in [0.2, 0.25) is 0 Å². The number of nitrogens with zero attached hydrogens (tertiary/aromatic N) is 2. The summed E-state index contributed by atoms with van der Waals surface area (Å²) < 4.78 is 5.98. The first-order valence-electron chi connectivity index (χ1n) is 7.22. The van der Waals surface area contributed by atoms with Crippen LogP contribution in [0.3, 0.4) is 0 Å². The van der Waals surface area contributed by atoms with E-state index in [0.29, 0.717) is 11.5 Å². The number of hydrogen-bond acceptors (Lipinski definition) is 4. The maximum absolute atomic E-state index is 8.76. The Bertz CT molecular complexity index is 470. The van der Waals surface area contributed by atoms with E-state index in [1.807, 2.05) is 6.07 Å². The van der Waals surface area contributed by atoms with Crippen molar-refractivity contribution in [2.75, 3.05) is 18.5 Å². The fourth-order valence-electron chi connectivity index (χ4n) is 2.81. The van der Waals surface area contributed by atoms with E-state index in [-0.39, 0.29) is 11.5 Å². The number of anilines is 1. The Hall–Kier alpha value is -1.60. The van der Waals surface area contributed by atoms with Crippen LogP contribution in [0.4, 0.5) is 5.82 Å². The molecular formula is C16H23N3O. The molecule has 4 nitrogen and oxygen atoms in total. The monoisotopic (exact) mass is 273 g/mol. The van der Waals surface area contributed by atoms with Crippen LogP contribution in [0, 0.1) is 22.7 Å². The smallest absolute Gasteiger partial charge is 0.125 e. The minimum absolute atomic E-state index is 0.158. The van der Waals surface area contributed by atoms with Crippen molar-refractivity contribution in [3.8, 4) is 6.07 Å². The maximum Gasteiger partial charge on any atom is 0.125 e. The molecule has 1 aliphatic rings. The normalized spacial score (nSPS) is 23.1. The number of hydrogen-bond donors (Lipinski definition) is 1. The number of aromatic nitrogens is 1. The van der Waals surface area contributed by atoms with Crippen LogP contribution >= 0.6 is 0 Å². The zero-order valence-corrected chi connectivity index (χ0v) is 12.5. The molecule has 2 unspecified atom stereocenters. The highest BCUT2D eigenvalue weighted by atomic mass is 16.5. The van der Waals surface area contributed by atoms with E-state index in [2.05, 4.69) is 37.1 Å². The van der Waals surface area contributed by atoms with Crippen LogP contribution < -0.4 is 5.32 Å². The van der Waals surface area contributed by atoms with Gasteiger partial charge < -0.3 is 10.1 Å². The van der Waals surface area contributed by atoms with Gasteiger partial charge in [-0.1, -0.05) is 20.8 Å². The molecule has 2 atom stereocenters. The molecule has 2 rings (SSSR count). The summed E-state index contributed by atoms with van der Waals surface area (Å²) in [6.45, 7) is 8.43. The van der Waals surface area contributed by atoms with Gasteiger partial charge in [0.15, 0.2) is 0 Å². The Labute approximate surface area is 121 Å². The van der Waals surface area contributed by atoms with Crippen LogP contribution in [0.2, 0.25) is 0 Å². The fourth-order valence-corrected chi connectivity index (χ4v) is 2.81. The second kappa shape index (κ2) is 6.23. The van der Waals surface area contributed by atoms with E-state index >= 15 is 0 Å². The molecule has 0 bridgehead atoms. The summed E-state index contributed by atoms with van der Waals surface area (Å²) in [7, 11) is 0. The van der Waals surface area contributed by atoms with Gasteiger partial charge in [-0.25, -0.2) is 4.98 Å². The van der Waals surface area contributed by atoms with Crippen molar-refractivity contribution in [3.05, 3.63) is 23.9 Å². The van der Waals surface area contributed by atoms with Gasteiger partial charge in [0, 0.05) is 25.3 Å². The summed E-state index contributed by atoms with van der Waals surface area (Å²) in [5, 5.41) is 12.1. The molecule has 0 saturated carbocycles. The van der Waals surface area contributed by atoms with Gasteiger partial charge in [0.25, 0.3) is 0 Å². The van der Waals surface area contributed by atoms with Crippen LogP contribution in [-0.4, -0.2) is 24.2 Å². The van der Waals surface area contributed by atoms with Gasteiger partial charge in [-0.05, 0) is 30.4 Å². The predicted molar refractivity (Wildman–Crippen MR) is 79.4 cm³/mol. The van der Waals surface area contributed by atoms with E-state index in [9.17, 15) is 0 Å². The van der Waals surface area contributed by atoms with Crippen molar-refractivity contribution >= 4 is 5.82 Å². The highest BCUT2D eigenvalue weighted by Gasteiger charge is 2.35.